The van der Waals surface area contributed by atoms with Crippen molar-refractivity contribution in [2.75, 3.05) is 26.2 Å². The fraction of sp³-hybridized carbons (Fsp3) is 0.480. The van der Waals surface area contributed by atoms with Crippen LogP contribution < -0.4 is 4.72 Å². The third kappa shape index (κ3) is 6.35. The van der Waals surface area contributed by atoms with Crippen molar-refractivity contribution in [2.45, 2.75) is 56.4 Å². The first-order valence-corrected chi connectivity index (χ1v) is 13.3. The van der Waals surface area contributed by atoms with Gasteiger partial charge in [-0.1, -0.05) is 12.1 Å². The zero-order valence-electron chi connectivity index (χ0n) is 19.7. The van der Waals surface area contributed by atoms with Crippen molar-refractivity contribution < 1.29 is 22.4 Å². The van der Waals surface area contributed by atoms with E-state index in [-0.39, 0.29) is 35.6 Å². The van der Waals surface area contributed by atoms with Crippen molar-refractivity contribution in [1.29, 1.82) is 0 Å². The van der Waals surface area contributed by atoms with Gasteiger partial charge in [-0.2, -0.15) is 0 Å². The molecule has 9 heteroatoms. The molecule has 34 heavy (non-hydrogen) atoms. The van der Waals surface area contributed by atoms with E-state index in [1.807, 2.05) is 4.90 Å². The van der Waals surface area contributed by atoms with Crippen molar-refractivity contribution in [3.63, 3.8) is 0 Å². The van der Waals surface area contributed by atoms with Crippen LogP contribution in [-0.4, -0.2) is 68.6 Å². The number of morpholine rings is 1. The first-order valence-electron chi connectivity index (χ1n) is 11.8. The number of rotatable bonds is 8. The average Bonchev–Trinajstić information content (AvgIpc) is 3.48. The molecule has 1 amide bonds. The third-order valence-corrected chi connectivity index (χ3v) is 7.67. The summed E-state index contributed by atoms with van der Waals surface area (Å²) >= 11 is 0. The fourth-order valence-corrected chi connectivity index (χ4v) is 5.72. The Labute approximate surface area is 201 Å². The zero-order valence-corrected chi connectivity index (χ0v) is 20.5. The van der Waals surface area contributed by atoms with Gasteiger partial charge in [-0.3, -0.25) is 9.69 Å². The predicted octanol–water partition coefficient (Wildman–Crippen LogP) is 2.87. The minimum absolute atomic E-state index is 0.00586. The number of benzene rings is 1. The normalized spacial score (nSPS) is 24.2. The lowest BCUT2D eigenvalue weighted by Gasteiger charge is -2.38. The average molecular weight is 488 g/mol. The summed E-state index contributed by atoms with van der Waals surface area (Å²) in [5.41, 5.74) is 0.768. The number of carbonyl (C=O) groups excluding carboxylic acids is 1. The number of furan rings is 1. The summed E-state index contributed by atoms with van der Waals surface area (Å²) < 4.78 is 38.4. The molecule has 4 rings (SSSR count). The second-order valence-corrected chi connectivity index (χ2v) is 10.9. The Bertz CT molecular complexity index is 1070. The Balaban J connectivity index is 1.33. The maximum atomic E-state index is 12.9. The molecule has 1 aromatic carbocycles. The van der Waals surface area contributed by atoms with Crippen LogP contribution in [0.3, 0.4) is 0 Å². The van der Waals surface area contributed by atoms with Crippen LogP contribution in [0.15, 0.2) is 58.1 Å². The van der Waals surface area contributed by atoms with Gasteiger partial charge in [-0.05, 0) is 62.6 Å². The molecular weight excluding hydrogens is 454 g/mol. The molecule has 0 radical (unpaired) electrons. The number of hydrogen-bond donors (Lipinski definition) is 1. The second kappa shape index (κ2) is 10.9. The number of hydrogen-bond acceptors (Lipinski definition) is 6. The lowest BCUT2D eigenvalue weighted by molar-refractivity contribution is -0.127. The first-order chi connectivity index (χ1) is 16.3. The SMILES string of the molecule is CC1CN(CC2CCCN2C(=O)/C=C/c2ccc(S(=O)(=O)NCc3ccco3)cc2)CC(C)O1. The van der Waals surface area contributed by atoms with E-state index < -0.39 is 10.0 Å². The van der Waals surface area contributed by atoms with Gasteiger partial charge < -0.3 is 14.1 Å². The minimum Gasteiger partial charge on any atom is -0.468 e. The molecule has 8 nitrogen and oxygen atoms in total. The van der Waals surface area contributed by atoms with E-state index in [1.165, 1.54) is 18.4 Å². The molecule has 2 aliphatic heterocycles. The van der Waals surface area contributed by atoms with Gasteiger partial charge in [0, 0.05) is 38.3 Å². The summed E-state index contributed by atoms with van der Waals surface area (Å²) in [6.45, 7) is 7.69. The number of ether oxygens (including phenoxy) is 1. The monoisotopic (exact) mass is 487 g/mol. The van der Waals surface area contributed by atoms with Gasteiger partial charge in [-0.15, -0.1) is 0 Å². The van der Waals surface area contributed by atoms with E-state index in [4.69, 9.17) is 9.15 Å². The Morgan fingerprint density at radius 2 is 1.88 bits per heavy atom. The fourth-order valence-electron chi connectivity index (χ4n) is 4.73. The van der Waals surface area contributed by atoms with Crippen molar-refractivity contribution in [3.05, 3.63) is 60.1 Å². The highest BCUT2D eigenvalue weighted by Gasteiger charge is 2.31. The smallest absolute Gasteiger partial charge is 0.246 e. The summed E-state index contributed by atoms with van der Waals surface area (Å²) in [4.78, 5) is 17.4. The second-order valence-electron chi connectivity index (χ2n) is 9.11. The lowest BCUT2D eigenvalue weighted by atomic mass is 10.1. The van der Waals surface area contributed by atoms with Crippen LogP contribution in [-0.2, 0) is 26.1 Å². The zero-order chi connectivity index (χ0) is 24.1. The standard InChI is InChI=1S/C25H33N3O5S/c1-19-16-27(17-20(2)33-19)18-22-5-3-13-28(22)25(29)12-9-21-7-10-24(11-8-21)34(30,31)26-15-23-6-4-14-32-23/h4,6-12,14,19-20,22,26H,3,5,13,15-18H2,1-2H3/b12-9+. The van der Waals surface area contributed by atoms with Crippen LogP contribution in [0.25, 0.3) is 6.08 Å². The molecule has 2 fully saturated rings. The van der Waals surface area contributed by atoms with Crippen molar-refractivity contribution in [3.8, 4) is 0 Å². The number of sulfonamides is 1. The van der Waals surface area contributed by atoms with Gasteiger partial charge in [0.2, 0.25) is 15.9 Å². The molecule has 0 spiro atoms. The predicted molar refractivity (Wildman–Crippen MR) is 129 cm³/mol. The van der Waals surface area contributed by atoms with Crippen molar-refractivity contribution in [2.24, 2.45) is 0 Å². The number of carbonyl (C=O) groups is 1. The van der Waals surface area contributed by atoms with E-state index >= 15 is 0 Å². The molecule has 2 aliphatic rings. The van der Waals surface area contributed by atoms with Gasteiger partial charge in [0.25, 0.3) is 0 Å². The van der Waals surface area contributed by atoms with Crippen molar-refractivity contribution in [1.82, 2.24) is 14.5 Å². The minimum atomic E-state index is -3.65. The maximum Gasteiger partial charge on any atom is 0.246 e. The van der Waals surface area contributed by atoms with E-state index in [1.54, 1.807) is 36.4 Å². The summed E-state index contributed by atoms with van der Waals surface area (Å²) in [5, 5.41) is 0. The summed E-state index contributed by atoms with van der Waals surface area (Å²) in [7, 11) is -3.65. The molecule has 0 saturated carbocycles. The lowest BCUT2D eigenvalue weighted by Crippen LogP contribution is -2.50. The molecule has 2 saturated heterocycles. The van der Waals surface area contributed by atoms with E-state index in [9.17, 15) is 13.2 Å². The largest absolute Gasteiger partial charge is 0.468 e. The van der Waals surface area contributed by atoms with Gasteiger partial charge in [-0.25, -0.2) is 13.1 Å². The topological polar surface area (TPSA) is 92.1 Å². The quantitative estimate of drug-likeness (QED) is 0.576. The first kappa shape index (κ1) is 24.7. The van der Waals surface area contributed by atoms with E-state index in [0.717, 1.165) is 44.6 Å². The van der Waals surface area contributed by atoms with Gasteiger partial charge >= 0.3 is 0 Å². The number of nitrogens with one attached hydrogen (secondary N) is 1. The summed E-state index contributed by atoms with van der Waals surface area (Å²) in [5.74, 6) is 0.535. The van der Waals surface area contributed by atoms with Crippen LogP contribution in [0.2, 0.25) is 0 Å². The molecule has 0 bridgehead atoms. The number of likely N-dealkylation sites (tertiary alicyclic amines) is 1. The Kier molecular flexibility index (Phi) is 7.88. The van der Waals surface area contributed by atoms with Crippen LogP contribution >= 0.6 is 0 Å². The van der Waals surface area contributed by atoms with Crippen molar-refractivity contribution >= 4 is 22.0 Å². The Morgan fingerprint density at radius 3 is 2.56 bits per heavy atom. The van der Waals surface area contributed by atoms with Crippen LogP contribution in [0, 0.1) is 0 Å². The van der Waals surface area contributed by atoms with Crippen LogP contribution in [0.5, 0.6) is 0 Å². The molecule has 0 aliphatic carbocycles. The number of nitrogens with zero attached hydrogens (tertiary/aromatic N) is 2. The number of amides is 1. The molecule has 3 unspecified atom stereocenters. The molecule has 2 aromatic rings. The highest BCUT2D eigenvalue weighted by Crippen LogP contribution is 2.21. The highest BCUT2D eigenvalue weighted by atomic mass is 32.2. The summed E-state index contributed by atoms with van der Waals surface area (Å²) in [6, 6.07) is 10.1. The molecule has 3 heterocycles. The molecule has 184 valence electrons. The molecule has 1 aromatic heterocycles. The van der Waals surface area contributed by atoms with Crippen LogP contribution in [0.4, 0.5) is 0 Å². The van der Waals surface area contributed by atoms with Gasteiger partial charge in [0.1, 0.15) is 5.76 Å². The molecular formula is C25H33N3O5S. The van der Waals surface area contributed by atoms with Gasteiger partial charge in [0.05, 0.1) is 29.9 Å². The highest BCUT2D eigenvalue weighted by molar-refractivity contribution is 7.89. The van der Waals surface area contributed by atoms with Gasteiger partial charge in [0.15, 0.2) is 0 Å². The maximum absolute atomic E-state index is 12.9. The Hall–Kier alpha value is -2.46. The summed E-state index contributed by atoms with van der Waals surface area (Å²) in [6.07, 6.45) is 7.27. The van der Waals surface area contributed by atoms with E-state index in [2.05, 4.69) is 23.5 Å². The molecule has 1 N–H and O–H groups in total. The third-order valence-electron chi connectivity index (χ3n) is 6.25. The molecule has 3 atom stereocenters. The van der Waals surface area contributed by atoms with E-state index in [0.29, 0.717) is 5.76 Å². The Morgan fingerprint density at radius 1 is 1.15 bits per heavy atom. The van der Waals surface area contributed by atoms with Crippen LogP contribution in [0.1, 0.15) is 38.0 Å².